The highest BCUT2D eigenvalue weighted by Crippen LogP contribution is 2.26. The number of aliphatic imine (C=N–C) groups is 1. The van der Waals surface area contributed by atoms with E-state index in [1.165, 1.54) is 13.2 Å². The Morgan fingerprint density at radius 1 is 1.29 bits per heavy atom. The first-order valence-corrected chi connectivity index (χ1v) is 3.78. The van der Waals surface area contributed by atoms with Gasteiger partial charge in [-0.3, -0.25) is 0 Å². The Hall–Kier alpha value is -1.52. The zero-order valence-corrected chi connectivity index (χ0v) is 7.38. The van der Waals surface area contributed by atoms with Gasteiger partial charge in [0.15, 0.2) is 0 Å². The van der Waals surface area contributed by atoms with Crippen LogP contribution in [-0.2, 0) is 0 Å². The summed E-state index contributed by atoms with van der Waals surface area (Å²) in [6.45, 7) is 0. The van der Waals surface area contributed by atoms with Gasteiger partial charge in [-0.15, -0.1) is 0 Å². The number of hydrogen-bond donors (Lipinski definition) is 0. The van der Waals surface area contributed by atoms with E-state index in [-0.39, 0.29) is 11.9 Å². The van der Waals surface area contributed by atoms with Crippen LogP contribution < -0.4 is 4.74 Å². The average molecular weight is 203 g/mol. The highest BCUT2D eigenvalue weighted by molar-refractivity contribution is 5.70. The predicted molar refractivity (Wildman–Crippen MR) is 47.2 cm³/mol. The normalized spacial score (nSPS) is 12.0. The fourth-order valence-corrected chi connectivity index (χ4v) is 0.879. The van der Waals surface area contributed by atoms with Crippen molar-refractivity contribution < 1.29 is 17.9 Å². The topological polar surface area (TPSA) is 21.6 Å². The SMILES string of the molecule is COc1ccccc1N=CC(F)(F)F. The minimum absolute atomic E-state index is 0.0646. The fraction of sp³-hybridized carbons (Fsp3) is 0.222. The maximum absolute atomic E-state index is 11.8. The summed E-state index contributed by atoms with van der Waals surface area (Å²) in [5.74, 6) is 0.313. The lowest BCUT2D eigenvalue weighted by Gasteiger charge is -2.03. The van der Waals surface area contributed by atoms with Crippen molar-refractivity contribution in [3.05, 3.63) is 24.3 Å². The molecule has 0 aliphatic heterocycles. The number of methoxy groups -OCH3 is 1. The van der Waals surface area contributed by atoms with Crippen molar-refractivity contribution in [2.45, 2.75) is 6.18 Å². The summed E-state index contributed by atoms with van der Waals surface area (Å²) in [5, 5.41) is 0. The summed E-state index contributed by atoms with van der Waals surface area (Å²) in [5.41, 5.74) is 0.160. The van der Waals surface area contributed by atoms with Crippen LogP contribution in [0.15, 0.2) is 29.3 Å². The van der Waals surface area contributed by atoms with Crippen LogP contribution in [0.4, 0.5) is 18.9 Å². The molecule has 0 saturated heterocycles. The molecule has 0 spiro atoms. The maximum atomic E-state index is 11.8. The monoisotopic (exact) mass is 203 g/mol. The Labute approximate surface area is 79.0 Å². The summed E-state index contributed by atoms with van der Waals surface area (Å²) in [7, 11) is 1.38. The van der Waals surface area contributed by atoms with E-state index in [0.29, 0.717) is 5.75 Å². The second-order valence-electron chi connectivity index (χ2n) is 2.47. The number of para-hydroxylation sites is 2. The molecule has 0 amide bonds. The van der Waals surface area contributed by atoms with E-state index < -0.39 is 6.18 Å². The molecule has 0 N–H and O–H groups in total. The first-order chi connectivity index (χ1) is 6.53. The molecule has 0 aliphatic rings. The summed E-state index contributed by atoms with van der Waals surface area (Å²) in [6, 6.07) is 6.24. The summed E-state index contributed by atoms with van der Waals surface area (Å²) in [6.07, 6.45) is -4.47. The molecule has 0 unspecified atom stereocenters. The lowest BCUT2D eigenvalue weighted by Crippen LogP contribution is -2.07. The van der Waals surface area contributed by atoms with Gasteiger partial charge in [0.05, 0.1) is 7.11 Å². The minimum Gasteiger partial charge on any atom is -0.494 e. The molecule has 0 bridgehead atoms. The lowest BCUT2D eigenvalue weighted by molar-refractivity contribution is -0.0535. The van der Waals surface area contributed by atoms with Crippen LogP contribution in [0.3, 0.4) is 0 Å². The quantitative estimate of drug-likeness (QED) is 0.677. The molecule has 2 nitrogen and oxygen atoms in total. The summed E-state index contributed by atoms with van der Waals surface area (Å²) < 4.78 is 40.2. The van der Waals surface area contributed by atoms with Crippen LogP contribution in [0.1, 0.15) is 0 Å². The van der Waals surface area contributed by atoms with Crippen LogP contribution >= 0.6 is 0 Å². The van der Waals surface area contributed by atoms with E-state index in [2.05, 4.69) is 4.99 Å². The summed E-state index contributed by atoms with van der Waals surface area (Å²) >= 11 is 0. The second-order valence-corrected chi connectivity index (χ2v) is 2.47. The first kappa shape index (κ1) is 10.6. The van der Waals surface area contributed by atoms with Crippen molar-refractivity contribution in [3.8, 4) is 5.75 Å². The van der Waals surface area contributed by atoms with Gasteiger partial charge in [-0.1, -0.05) is 12.1 Å². The molecular weight excluding hydrogens is 195 g/mol. The van der Waals surface area contributed by atoms with Crippen molar-refractivity contribution in [1.82, 2.24) is 0 Å². The van der Waals surface area contributed by atoms with Gasteiger partial charge in [0.25, 0.3) is 0 Å². The summed E-state index contributed by atoms with van der Waals surface area (Å²) in [4.78, 5) is 3.27. The molecule has 0 heterocycles. The third-order valence-corrected chi connectivity index (χ3v) is 1.44. The number of rotatable bonds is 2. The second kappa shape index (κ2) is 4.13. The largest absolute Gasteiger partial charge is 0.494 e. The molecule has 76 valence electrons. The molecule has 1 rings (SSSR count). The van der Waals surface area contributed by atoms with Gasteiger partial charge in [0, 0.05) is 0 Å². The lowest BCUT2D eigenvalue weighted by atomic mass is 10.3. The number of halogens is 3. The minimum atomic E-state index is -4.40. The zero-order valence-electron chi connectivity index (χ0n) is 7.38. The Morgan fingerprint density at radius 2 is 1.93 bits per heavy atom. The fourth-order valence-electron chi connectivity index (χ4n) is 0.879. The van der Waals surface area contributed by atoms with Crippen LogP contribution in [0.5, 0.6) is 5.75 Å². The molecule has 0 aliphatic carbocycles. The smallest absolute Gasteiger partial charge is 0.426 e. The van der Waals surface area contributed by atoms with Gasteiger partial charge in [0.2, 0.25) is 0 Å². The standard InChI is InChI=1S/C9H8F3NO/c1-14-8-5-3-2-4-7(8)13-6-9(10,11)12/h2-6H,1H3. The molecule has 0 aromatic heterocycles. The molecule has 0 atom stereocenters. The Morgan fingerprint density at radius 3 is 2.50 bits per heavy atom. The van der Waals surface area contributed by atoms with E-state index in [0.717, 1.165) is 0 Å². The van der Waals surface area contributed by atoms with Crippen molar-refractivity contribution in [3.63, 3.8) is 0 Å². The number of benzene rings is 1. The Bertz CT molecular complexity index is 333. The molecular formula is C9H8F3NO. The van der Waals surface area contributed by atoms with Gasteiger partial charge < -0.3 is 4.74 Å². The van der Waals surface area contributed by atoms with Crippen LogP contribution in [0, 0.1) is 0 Å². The van der Waals surface area contributed by atoms with Crippen molar-refractivity contribution >= 4 is 11.9 Å². The van der Waals surface area contributed by atoms with Crippen molar-refractivity contribution in [2.75, 3.05) is 7.11 Å². The van der Waals surface area contributed by atoms with E-state index in [1.807, 2.05) is 0 Å². The van der Waals surface area contributed by atoms with Gasteiger partial charge in [-0.2, -0.15) is 13.2 Å². The molecule has 14 heavy (non-hydrogen) atoms. The highest BCUT2D eigenvalue weighted by Gasteiger charge is 2.23. The average Bonchev–Trinajstić information content (AvgIpc) is 2.14. The van der Waals surface area contributed by atoms with Gasteiger partial charge in [-0.05, 0) is 12.1 Å². The van der Waals surface area contributed by atoms with Crippen molar-refractivity contribution in [1.29, 1.82) is 0 Å². The molecule has 1 aromatic rings. The third kappa shape index (κ3) is 3.08. The van der Waals surface area contributed by atoms with Gasteiger partial charge in [-0.25, -0.2) is 4.99 Å². The zero-order chi connectivity index (χ0) is 10.6. The number of ether oxygens (including phenoxy) is 1. The number of hydrogen-bond acceptors (Lipinski definition) is 2. The van der Waals surface area contributed by atoms with Crippen LogP contribution in [0.25, 0.3) is 0 Å². The van der Waals surface area contributed by atoms with E-state index in [4.69, 9.17) is 4.74 Å². The first-order valence-electron chi connectivity index (χ1n) is 3.78. The molecule has 0 fully saturated rings. The van der Waals surface area contributed by atoms with E-state index in [9.17, 15) is 13.2 Å². The molecule has 0 saturated carbocycles. The predicted octanol–water partition coefficient (Wildman–Crippen LogP) is 2.96. The third-order valence-electron chi connectivity index (χ3n) is 1.44. The van der Waals surface area contributed by atoms with Crippen molar-refractivity contribution in [2.24, 2.45) is 4.99 Å². The molecule has 0 radical (unpaired) electrons. The Balaban J connectivity index is 2.91. The number of alkyl halides is 3. The molecule has 5 heteroatoms. The van der Waals surface area contributed by atoms with Gasteiger partial charge in [0.1, 0.15) is 17.7 Å². The molecule has 1 aromatic carbocycles. The van der Waals surface area contributed by atoms with Crippen LogP contribution in [-0.4, -0.2) is 19.5 Å². The number of nitrogens with zero attached hydrogens (tertiary/aromatic N) is 1. The van der Waals surface area contributed by atoms with E-state index >= 15 is 0 Å². The Kier molecular flexibility index (Phi) is 3.11. The highest BCUT2D eigenvalue weighted by atomic mass is 19.4. The van der Waals surface area contributed by atoms with Gasteiger partial charge >= 0.3 is 6.18 Å². The van der Waals surface area contributed by atoms with Crippen LogP contribution in [0.2, 0.25) is 0 Å². The van der Waals surface area contributed by atoms with E-state index in [1.54, 1.807) is 18.2 Å². The maximum Gasteiger partial charge on any atom is 0.426 e.